The predicted octanol–water partition coefficient (Wildman–Crippen LogP) is 3.99. The van der Waals surface area contributed by atoms with E-state index >= 15 is 0 Å². The van der Waals surface area contributed by atoms with E-state index in [9.17, 15) is 4.79 Å². The van der Waals surface area contributed by atoms with Crippen LogP contribution >= 0.6 is 0 Å². The molecule has 0 aliphatic carbocycles. The first kappa shape index (κ1) is 15.5. The van der Waals surface area contributed by atoms with Gasteiger partial charge in [-0.25, -0.2) is 4.79 Å². The van der Waals surface area contributed by atoms with Crippen LogP contribution in [0, 0.1) is 12.3 Å². The fourth-order valence-electron chi connectivity index (χ4n) is 2.12. The molecule has 0 bridgehead atoms. The molecule has 0 aromatic heterocycles. The first-order valence-corrected chi connectivity index (χ1v) is 6.65. The van der Waals surface area contributed by atoms with Gasteiger partial charge in [0.1, 0.15) is 11.9 Å². The molecule has 3 heteroatoms. The molecule has 0 amide bonds. The highest BCUT2D eigenvalue weighted by atomic mass is 16.5. The van der Waals surface area contributed by atoms with Crippen LogP contribution in [0.1, 0.15) is 50.0 Å². The molecular weight excluding hydrogens is 240 g/mol. The van der Waals surface area contributed by atoms with Gasteiger partial charge in [-0.1, -0.05) is 33.8 Å². The minimum Gasteiger partial charge on any atom is -0.496 e. The van der Waals surface area contributed by atoms with E-state index < -0.39 is 0 Å². The van der Waals surface area contributed by atoms with Crippen LogP contribution in [0.25, 0.3) is 0 Å². The van der Waals surface area contributed by atoms with Gasteiger partial charge in [-0.2, -0.15) is 0 Å². The topological polar surface area (TPSA) is 35.5 Å². The number of hydrogen-bond acceptors (Lipinski definition) is 3. The van der Waals surface area contributed by atoms with Crippen LogP contribution in [0.15, 0.2) is 18.2 Å². The summed E-state index contributed by atoms with van der Waals surface area (Å²) in [5.41, 5.74) is 1.33. The van der Waals surface area contributed by atoms with Gasteiger partial charge in [-0.15, -0.1) is 0 Å². The molecule has 1 atom stereocenters. The molecule has 3 nitrogen and oxygen atoms in total. The fourth-order valence-corrected chi connectivity index (χ4v) is 2.12. The Labute approximate surface area is 115 Å². The molecule has 0 heterocycles. The second-order valence-corrected chi connectivity index (χ2v) is 5.80. The third kappa shape index (κ3) is 3.72. The number of methoxy groups -OCH3 is 1. The van der Waals surface area contributed by atoms with Gasteiger partial charge in [-0.3, -0.25) is 0 Å². The average Bonchev–Trinajstić information content (AvgIpc) is 2.34. The number of hydrogen-bond donors (Lipinski definition) is 0. The lowest BCUT2D eigenvalue weighted by atomic mass is 9.87. The van der Waals surface area contributed by atoms with Gasteiger partial charge in [0.05, 0.1) is 12.7 Å². The first-order valence-electron chi connectivity index (χ1n) is 6.65. The van der Waals surface area contributed by atoms with Gasteiger partial charge in [0.15, 0.2) is 0 Å². The smallest absolute Gasteiger partial charge is 0.338 e. The van der Waals surface area contributed by atoms with E-state index in [2.05, 4.69) is 20.8 Å². The maximum Gasteiger partial charge on any atom is 0.338 e. The maximum atomic E-state index is 12.3. The standard InChI is InChI=1S/C16H24O3/c1-7-14(16(3,4)5)19-15(17)12-9-8-10-13(18-6)11(12)2/h8-10,14H,7H2,1-6H3. The molecule has 0 aliphatic heterocycles. The summed E-state index contributed by atoms with van der Waals surface area (Å²) in [6.45, 7) is 10.1. The van der Waals surface area contributed by atoms with Crippen LogP contribution in [-0.4, -0.2) is 19.2 Å². The molecule has 0 fully saturated rings. The molecule has 0 aliphatic rings. The van der Waals surface area contributed by atoms with Crippen LogP contribution in [0.5, 0.6) is 5.75 Å². The Bertz CT molecular complexity index is 444. The quantitative estimate of drug-likeness (QED) is 0.771. The van der Waals surface area contributed by atoms with E-state index in [-0.39, 0.29) is 17.5 Å². The van der Waals surface area contributed by atoms with E-state index in [0.29, 0.717) is 11.3 Å². The highest BCUT2D eigenvalue weighted by molar-refractivity contribution is 5.91. The molecule has 1 rings (SSSR count). The zero-order chi connectivity index (χ0) is 14.6. The van der Waals surface area contributed by atoms with Gasteiger partial charge in [0.25, 0.3) is 0 Å². The Morgan fingerprint density at radius 1 is 1.32 bits per heavy atom. The lowest BCUT2D eigenvalue weighted by molar-refractivity contribution is -0.00414. The number of esters is 1. The zero-order valence-corrected chi connectivity index (χ0v) is 12.7. The van der Waals surface area contributed by atoms with Crippen molar-refractivity contribution >= 4 is 5.97 Å². The van der Waals surface area contributed by atoms with Crippen LogP contribution in [0.4, 0.5) is 0 Å². The minimum absolute atomic E-state index is 0.0584. The Balaban J connectivity index is 2.96. The molecule has 0 saturated heterocycles. The molecule has 0 spiro atoms. The minimum atomic E-state index is -0.279. The number of ether oxygens (including phenoxy) is 2. The third-order valence-electron chi connectivity index (χ3n) is 3.31. The van der Waals surface area contributed by atoms with E-state index in [1.165, 1.54) is 0 Å². The van der Waals surface area contributed by atoms with Gasteiger partial charge in [0.2, 0.25) is 0 Å². The number of carbonyl (C=O) groups is 1. The Hall–Kier alpha value is -1.51. The van der Waals surface area contributed by atoms with Crippen molar-refractivity contribution in [2.24, 2.45) is 5.41 Å². The summed E-state index contributed by atoms with van der Waals surface area (Å²) in [5, 5.41) is 0. The molecule has 0 saturated carbocycles. The van der Waals surface area contributed by atoms with Gasteiger partial charge in [0, 0.05) is 5.56 Å². The monoisotopic (exact) mass is 264 g/mol. The van der Waals surface area contributed by atoms with E-state index in [1.807, 2.05) is 19.9 Å². The normalized spacial score (nSPS) is 12.9. The van der Waals surface area contributed by atoms with Crippen LogP contribution in [0.2, 0.25) is 0 Å². The molecule has 0 radical (unpaired) electrons. The Kier molecular flexibility index (Phi) is 4.98. The highest BCUT2D eigenvalue weighted by Gasteiger charge is 2.27. The number of carbonyl (C=O) groups excluding carboxylic acids is 1. The van der Waals surface area contributed by atoms with Crippen LogP contribution in [-0.2, 0) is 4.74 Å². The van der Waals surface area contributed by atoms with Crippen LogP contribution in [0.3, 0.4) is 0 Å². The Morgan fingerprint density at radius 3 is 2.42 bits per heavy atom. The predicted molar refractivity (Wildman–Crippen MR) is 76.7 cm³/mol. The van der Waals surface area contributed by atoms with Crippen molar-refractivity contribution in [1.82, 2.24) is 0 Å². The zero-order valence-electron chi connectivity index (χ0n) is 12.7. The largest absolute Gasteiger partial charge is 0.496 e. The van der Waals surface area contributed by atoms with Crippen molar-refractivity contribution in [2.75, 3.05) is 7.11 Å². The fraction of sp³-hybridized carbons (Fsp3) is 0.562. The third-order valence-corrected chi connectivity index (χ3v) is 3.31. The number of benzene rings is 1. The summed E-state index contributed by atoms with van der Waals surface area (Å²) in [6, 6.07) is 5.42. The lowest BCUT2D eigenvalue weighted by Crippen LogP contribution is -2.31. The van der Waals surface area contributed by atoms with Gasteiger partial charge >= 0.3 is 5.97 Å². The maximum absolute atomic E-state index is 12.3. The molecule has 1 aromatic carbocycles. The summed E-state index contributed by atoms with van der Waals surface area (Å²) >= 11 is 0. The van der Waals surface area contributed by atoms with Gasteiger partial charge in [-0.05, 0) is 30.9 Å². The molecule has 106 valence electrons. The molecule has 0 N–H and O–H groups in total. The molecular formula is C16H24O3. The molecule has 1 aromatic rings. The van der Waals surface area contributed by atoms with E-state index in [0.717, 1.165) is 12.0 Å². The van der Waals surface area contributed by atoms with Crippen LogP contribution < -0.4 is 4.74 Å². The van der Waals surface area contributed by atoms with Crippen molar-refractivity contribution in [3.05, 3.63) is 29.3 Å². The average molecular weight is 264 g/mol. The Morgan fingerprint density at radius 2 is 1.95 bits per heavy atom. The lowest BCUT2D eigenvalue weighted by Gasteiger charge is -2.29. The summed E-state index contributed by atoms with van der Waals surface area (Å²) in [5.74, 6) is 0.427. The summed E-state index contributed by atoms with van der Waals surface area (Å²) in [7, 11) is 1.60. The van der Waals surface area contributed by atoms with Crippen molar-refractivity contribution in [3.63, 3.8) is 0 Å². The van der Waals surface area contributed by atoms with Crippen molar-refractivity contribution in [2.45, 2.75) is 47.1 Å². The van der Waals surface area contributed by atoms with Gasteiger partial charge < -0.3 is 9.47 Å². The van der Waals surface area contributed by atoms with E-state index in [1.54, 1.807) is 19.2 Å². The van der Waals surface area contributed by atoms with Crippen molar-refractivity contribution < 1.29 is 14.3 Å². The second kappa shape index (κ2) is 6.09. The first-order chi connectivity index (χ1) is 8.81. The second-order valence-electron chi connectivity index (χ2n) is 5.80. The molecule has 1 unspecified atom stereocenters. The highest BCUT2D eigenvalue weighted by Crippen LogP contribution is 2.27. The number of rotatable bonds is 4. The molecule has 19 heavy (non-hydrogen) atoms. The van der Waals surface area contributed by atoms with Crippen molar-refractivity contribution in [3.8, 4) is 5.75 Å². The summed E-state index contributed by atoms with van der Waals surface area (Å²) in [6.07, 6.45) is 0.712. The SMILES string of the molecule is CCC(OC(=O)c1cccc(OC)c1C)C(C)(C)C. The summed E-state index contributed by atoms with van der Waals surface area (Å²) in [4.78, 5) is 12.3. The summed E-state index contributed by atoms with van der Waals surface area (Å²) < 4.78 is 10.9. The van der Waals surface area contributed by atoms with Crippen molar-refractivity contribution in [1.29, 1.82) is 0 Å². The van der Waals surface area contributed by atoms with E-state index in [4.69, 9.17) is 9.47 Å².